The summed E-state index contributed by atoms with van der Waals surface area (Å²) in [6.07, 6.45) is 17.8. The van der Waals surface area contributed by atoms with E-state index in [9.17, 15) is 13.0 Å². The topological polar surface area (TPSA) is 75.2 Å². The molecule has 1 heterocycles. The molecule has 0 unspecified atom stereocenters. The number of hydrogen-bond acceptors (Lipinski definition) is 4. The van der Waals surface area contributed by atoms with Gasteiger partial charge in [-0.3, -0.25) is 4.18 Å². The zero-order chi connectivity index (χ0) is 19.0. The largest absolute Gasteiger partial charge is 0.726 e. The van der Waals surface area contributed by atoms with E-state index in [4.69, 9.17) is 0 Å². The fourth-order valence-electron chi connectivity index (χ4n) is 2.44. The maximum atomic E-state index is 10.1. The minimum Gasteiger partial charge on any atom is -0.726 e. The van der Waals surface area contributed by atoms with E-state index < -0.39 is 10.4 Å². The van der Waals surface area contributed by atoms with Gasteiger partial charge in [0.2, 0.25) is 16.7 Å². The summed E-state index contributed by atoms with van der Waals surface area (Å²) >= 11 is 0. The van der Waals surface area contributed by atoms with Crippen LogP contribution in [-0.4, -0.2) is 24.1 Å². The van der Waals surface area contributed by atoms with Crippen molar-refractivity contribution in [3.8, 4) is 0 Å². The Morgan fingerprint density at radius 3 is 1.84 bits per heavy atom. The molecule has 1 aromatic heterocycles. The van der Waals surface area contributed by atoms with Crippen LogP contribution in [0.1, 0.15) is 78.1 Å². The van der Waals surface area contributed by atoms with Crippen LogP contribution in [0.15, 0.2) is 18.7 Å². The smallest absolute Gasteiger partial charge is 0.243 e. The Hall–Kier alpha value is -0.920. The highest BCUT2D eigenvalue weighted by Gasteiger charge is 1.96. The van der Waals surface area contributed by atoms with Crippen LogP contribution in [0.4, 0.5) is 0 Å². The predicted octanol–water partition coefficient (Wildman–Crippen LogP) is 3.72. The molecule has 1 aromatic rings. The van der Waals surface area contributed by atoms with E-state index in [-0.39, 0.29) is 6.61 Å². The highest BCUT2D eigenvalue weighted by atomic mass is 32.3. The van der Waals surface area contributed by atoms with E-state index in [1.165, 1.54) is 44.9 Å². The maximum Gasteiger partial charge on any atom is 0.243 e. The second-order valence-electron chi connectivity index (χ2n) is 6.32. The van der Waals surface area contributed by atoms with Crippen LogP contribution in [0.25, 0.3) is 0 Å². The zero-order valence-corrected chi connectivity index (χ0v) is 17.0. The molecule has 0 N–H and O–H groups in total. The number of aromatic nitrogens is 2. The lowest BCUT2D eigenvalue weighted by Crippen LogP contribution is -2.28. The van der Waals surface area contributed by atoms with Crippen molar-refractivity contribution in [2.45, 2.75) is 84.6 Å². The van der Waals surface area contributed by atoms with Crippen LogP contribution in [0.3, 0.4) is 0 Å². The molecule has 0 amide bonds. The Kier molecular flexibility index (Phi) is 14.8. The summed E-state index contributed by atoms with van der Waals surface area (Å²) in [5.41, 5.74) is 0. The number of aryl methyl sites for hydroxylation is 2. The Bertz CT molecular complexity index is 515. The standard InChI is InChI=1S/C12H26O4S.C6H11N2/c1-2-3-4-5-6-7-8-9-10-11-12-16-17(13,14)15;1-3-8-5-4-7(2)6-8/h2-12H2,1H3,(H,13,14,15);4-6H,3H2,1-2H3/q;+1/p-1. The van der Waals surface area contributed by atoms with Gasteiger partial charge in [0, 0.05) is 0 Å². The highest BCUT2D eigenvalue weighted by Crippen LogP contribution is 2.10. The van der Waals surface area contributed by atoms with Crippen molar-refractivity contribution < 1.29 is 21.7 Å². The predicted molar refractivity (Wildman–Crippen MR) is 98.8 cm³/mol. The summed E-state index contributed by atoms with van der Waals surface area (Å²) < 4.78 is 38.6. The van der Waals surface area contributed by atoms with Gasteiger partial charge in [0.15, 0.2) is 0 Å². The van der Waals surface area contributed by atoms with Gasteiger partial charge in [0.1, 0.15) is 12.4 Å². The highest BCUT2D eigenvalue weighted by molar-refractivity contribution is 7.80. The van der Waals surface area contributed by atoms with Crippen molar-refractivity contribution in [2.24, 2.45) is 7.05 Å². The molecule has 25 heavy (non-hydrogen) atoms. The van der Waals surface area contributed by atoms with Crippen molar-refractivity contribution in [2.75, 3.05) is 6.61 Å². The first-order valence-corrected chi connectivity index (χ1v) is 10.8. The zero-order valence-electron chi connectivity index (χ0n) is 16.2. The van der Waals surface area contributed by atoms with Gasteiger partial charge in [-0.05, 0) is 13.3 Å². The lowest BCUT2D eigenvalue weighted by atomic mass is 10.1. The van der Waals surface area contributed by atoms with Gasteiger partial charge < -0.3 is 4.55 Å². The molecule has 0 radical (unpaired) electrons. The molecular weight excluding hydrogens is 340 g/mol. The molecule has 0 spiro atoms. The van der Waals surface area contributed by atoms with Crippen molar-refractivity contribution in [3.05, 3.63) is 18.7 Å². The van der Waals surface area contributed by atoms with Crippen LogP contribution >= 0.6 is 0 Å². The fraction of sp³-hybridized carbons (Fsp3) is 0.833. The van der Waals surface area contributed by atoms with E-state index in [2.05, 4.69) is 35.1 Å². The second-order valence-corrected chi connectivity index (χ2v) is 7.37. The molecule has 1 rings (SSSR count). The molecular formula is C18H36N2O4S. The van der Waals surface area contributed by atoms with Crippen LogP contribution < -0.4 is 4.57 Å². The van der Waals surface area contributed by atoms with Crippen LogP contribution in [0.5, 0.6) is 0 Å². The Labute approximate surface area is 154 Å². The molecule has 0 fully saturated rings. The summed E-state index contributed by atoms with van der Waals surface area (Å²) in [7, 11) is -2.46. The van der Waals surface area contributed by atoms with E-state index in [0.29, 0.717) is 6.42 Å². The van der Waals surface area contributed by atoms with Gasteiger partial charge in [-0.25, -0.2) is 17.6 Å². The molecule has 0 aliphatic carbocycles. The molecule has 0 saturated carbocycles. The summed E-state index contributed by atoms with van der Waals surface area (Å²) in [5.74, 6) is 0. The molecule has 148 valence electrons. The minimum absolute atomic E-state index is 0.0301. The molecule has 7 heteroatoms. The summed E-state index contributed by atoms with van der Waals surface area (Å²) in [4.78, 5) is 0. The Morgan fingerprint density at radius 1 is 0.960 bits per heavy atom. The van der Waals surface area contributed by atoms with Crippen LogP contribution in [-0.2, 0) is 28.2 Å². The second kappa shape index (κ2) is 15.3. The van der Waals surface area contributed by atoms with Gasteiger partial charge in [-0.1, -0.05) is 64.7 Å². The quantitative estimate of drug-likeness (QED) is 0.228. The average Bonchev–Trinajstić information content (AvgIpc) is 2.98. The Balaban J connectivity index is 0.000000593. The molecule has 0 aromatic carbocycles. The average molecular weight is 377 g/mol. The van der Waals surface area contributed by atoms with Crippen LogP contribution in [0, 0.1) is 0 Å². The van der Waals surface area contributed by atoms with E-state index in [1.807, 2.05) is 17.8 Å². The molecule has 0 aliphatic rings. The molecule has 6 nitrogen and oxygen atoms in total. The third-order valence-corrected chi connectivity index (χ3v) is 4.37. The van der Waals surface area contributed by atoms with E-state index in [1.54, 1.807) is 0 Å². The van der Waals surface area contributed by atoms with Gasteiger partial charge >= 0.3 is 0 Å². The number of nitrogens with zero attached hydrogens (tertiary/aromatic N) is 2. The first kappa shape index (κ1) is 24.1. The Morgan fingerprint density at radius 2 is 1.48 bits per heavy atom. The van der Waals surface area contributed by atoms with Gasteiger partial charge in [-0.2, -0.15) is 0 Å². The van der Waals surface area contributed by atoms with Crippen molar-refractivity contribution >= 4 is 10.4 Å². The summed E-state index contributed by atoms with van der Waals surface area (Å²) in [5, 5.41) is 0. The van der Waals surface area contributed by atoms with E-state index in [0.717, 1.165) is 19.4 Å². The van der Waals surface area contributed by atoms with Gasteiger partial charge in [0.25, 0.3) is 0 Å². The molecule has 0 bridgehead atoms. The summed E-state index contributed by atoms with van der Waals surface area (Å²) in [6, 6.07) is 0. The van der Waals surface area contributed by atoms with Crippen molar-refractivity contribution in [1.29, 1.82) is 0 Å². The number of unbranched alkanes of at least 4 members (excludes halogenated alkanes) is 9. The maximum absolute atomic E-state index is 10.1. The van der Waals surface area contributed by atoms with Crippen LogP contribution in [0.2, 0.25) is 0 Å². The van der Waals surface area contributed by atoms with E-state index >= 15 is 0 Å². The normalized spacial score (nSPS) is 11.2. The summed E-state index contributed by atoms with van der Waals surface area (Å²) in [6.45, 7) is 5.42. The lowest BCUT2D eigenvalue weighted by Gasteiger charge is -2.06. The SMILES string of the molecule is CCCCCCCCCCCCOS(=O)(=O)[O-].CC[n+]1ccn(C)c1. The molecule has 0 atom stereocenters. The first-order valence-electron chi connectivity index (χ1n) is 9.50. The molecule has 0 saturated heterocycles. The lowest BCUT2D eigenvalue weighted by molar-refractivity contribution is -0.693. The fourth-order valence-corrected chi connectivity index (χ4v) is 2.76. The monoisotopic (exact) mass is 376 g/mol. The van der Waals surface area contributed by atoms with Gasteiger partial charge in [0.05, 0.1) is 20.2 Å². The number of imidazole rings is 1. The van der Waals surface area contributed by atoms with Gasteiger partial charge in [-0.15, -0.1) is 0 Å². The van der Waals surface area contributed by atoms with Crippen molar-refractivity contribution in [3.63, 3.8) is 0 Å². The number of hydrogen-bond donors (Lipinski definition) is 0. The third-order valence-electron chi connectivity index (χ3n) is 3.91. The van der Waals surface area contributed by atoms with Crippen molar-refractivity contribution in [1.82, 2.24) is 4.57 Å². The minimum atomic E-state index is -4.48. The number of rotatable bonds is 13. The third kappa shape index (κ3) is 17.7. The molecule has 0 aliphatic heterocycles. The first-order chi connectivity index (χ1) is 11.9.